The van der Waals surface area contributed by atoms with Crippen LogP contribution in [0.5, 0.6) is 0 Å². The number of hydrogen-bond donors (Lipinski definition) is 0. The average Bonchev–Trinajstić information content (AvgIpc) is 2.34. The Bertz CT molecular complexity index is 242. The zero-order chi connectivity index (χ0) is 8.27. The fourth-order valence-electron chi connectivity index (χ4n) is 0.871. The number of carbonyl (C=O) groups excluding carboxylic acids is 1. The molecule has 0 aromatic carbocycles. The van der Waals surface area contributed by atoms with Crippen molar-refractivity contribution in [3.8, 4) is 0 Å². The van der Waals surface area contributed by atoms with Crippen LogP contribution >= 0.6 is 11.3 Å². The van der Waals surface area contributed by atoms with Gasteiger partial charge >= 0.3 is 0 Å². The van der Waals surface area contributed by atoms with Gasteiger partial charge in [-0.1, -0.05) is 0 Å². The summed E-state index contributed by atoms with van der Waals surface area (Å²) in [4.78, 5) is 13.7. The maximum absolute atomic E-state index is 10.5. The maximum Gasteiger partial charge on any atom is 0.151 e. The Hall–Kier alpha value is -0.670. The van der Waals surface area contributed by atoms with E-state index in [1.54, 1.807) is 11.3 Å². The van der Waals surface area contributed by atoms with E-state index in [2.05, 4.69) is 4.90 Å². The summed E-state index contributed by atoms with van der Waals surface area (Å²) >= 11 is 1.63. The monoisotopic (exact) mass is 169 g/mol. The zero-order valence-electron chi connectivity index (χ0n) is 6.70. The van der Waals surface area contributed by atoms with Gasteiger partial charge in [0.05, 0.1) is 0 Å². The fraction of sp³-hybridized carbons (Fsp3) is 0.375. The summed E-state index contributed by atoms with van der Waals surface area (Å²) in [6.45, 7) is 0.853. The van der Waals surface area contributed by atoms with Crippen LogP contribution in [0, 0.1) is 0 Å². The van der Waals surface area contributed by atoms with Crippen LogP contribution in [-0.2, 0) is 6.54 Å². The van der Waals surface area contributed by atoms with Gasteiger partial charge in [0, 0.05) is 17.0 Å². The highest BCUT2D eigenvalue weighted by Crippen LogP contribution is 2.15. The maximum atomic E-state index is 10.5. The molecule has 0 amide bonds. The number of nitrogens with zero attached hydrogens (tertiary/aromatic N) is 1. The Morgan fingerprint density at radius 1 is 1.64 bits per heavy atom. The molecular weight excluding hydrogens is 158 g/mol. The van der Waals surface area contributed by atoms with E-state index < -0.39 is 0 Å². The van der Waals surface area contributed by atoms with Crippen LogP contribution < -0.4 is 0 Å². The predicted octanol–water partition coefficient (Wildman–Crippen LogP) is 1.62. The van der Waals surface area contributed by atoms with Gasteiger partial charge in [-0.15, -0.1) is 11.3 Å². The molecule has 0 aliphatic rings. The summed E-state index contributed by atoms with van der Waals surface area (Å²) in [6.07, 6.45) is 0.912. The van der Waals surface area contributed by atoms with Crippen LogP contribution in [0.2, 0.25) is 0 Å². The standard InChI is InChI=1S/C8H11NOS/c1-9(2)5-8-7(6-10)3-4-11-8/h3-4,6H,5H2,1-2H3. The quantitative estimate of drug-likeness (QED) is 0.641. The van der Waals surface area contributed by atoms with Crippen molar-refractivity contribution in [1.29, 1.82) is 0 Å². The zero-order valence-corrected chi connectivity index (χ0v) is 7.52. The lowest BCUT2D eigenvalue weighted by molar-refractivity contribution is 0.112. The topological polar surface area (TPSA) is 20.3 Å². The van der Waals surface area contributed by atoms with Gasteiger partial charge in [0.2, 0.25) is 0 Å². The minimum Gasteiger partial charge on any atom is -0.304 e. The van der Waals surface area contributed by atoms with Gasteiger partial charge in [0.25, 0.3) is 0 Å². The van der Waals surface area contributed by atoms with Gasteiger partial charge in [0.1, 0.15) is 0 Å². The molecule has 0 fully saturated rings. The first-order valence-electron chi connectivity index (χ1n) is 3.40. The van der Waals surface area contributed by atoms with E-state index in [-0.39, 0.29) is 0 Å². The van der Waals surface area contributed by atoms with Gasteiger partial charge in [-0.05, 0) is 25.5 Å². The number of thiophene rings is 1. The molecule has 0 bridgehead atoms. The summed E-state index contributed by atoms with van der Waals surface area (Å²) in [5.74, 6) is 0. The lowest BCUT2D eigenvalue weighted by Gasteiger charge is -2.07. The third-order valence-corrected chi connectivity index (χ3v) is 2.29. The second-order valence-electron chi connectivity index (χ2n) is 2.65. The van der Waals surface area contributed by atoms with Gasteiger partial charge in [-0.2, -0.15) is 0 Å². The van der Waals surface area contributed by atoms with E-state index >= 15 is 0 Å². The number of aldehydes is 1. The minimum atomic E-state index is 0.823. The van der Waals surface area contributed by atoms with Crippen molar-refractivity contribution in [1.82, 2.24) is 4.90 Å². The summed E-state index contributed by atoms with van der Waals surface area (Å²) in [7, 11) is 3.99. The molecule has 60 valence electrons. The fourth-order valence-corrected chi connectivity index (χ4v) is 1.84. The van der Waals surface area contributed by atoms with Gasteiger partial charge < -0.3 is 4.90 Å². The van der Waals surface area contributed by atoms with E-state index in [0.717, 1.165) is 23.3 Å². The molecule has 0 saturated heterocycles. The first-order chi connectivity index (χ1) is 5.24. The molecule has 1 heterocycles. The van der Waals surface area contributed by atoms with Crippen molar-refractivity contribution >= 4 is 17.6 Å². The smallest absolute Gasteiger partial charge is 0.151 e. The van der Waals surface area contributed by atoms with Crippen LogP contribution in [0.25, 0.3) is 0 Å². The van der Waals surface area contributed by atoms with E-state index in [9.17, 15) is 4.79 Å². The lowest BCUT2D eigenvalue weighted by Crippen LogP contribution is -2.10. The molecule has 0 aliphatic heterocycles. The summed E-state index contributed by atoms with van der Waals surface area (Å²) in [6, 6.07) is 1.86. The van der Waals surface area contributed by atoms with Crippen molar-refractivity contribution in [2.45, 2.75) is 6.54 Å². The second-order valence-corrected chi connectivity index (χ2v) is 3.66. The molecule has 11 heavy (non-hydrogen) atoms. The van der Waals surface area contributed by atoms with Crippen molar-refractivity contribution < 1.29 is 4.79 Å². The van der Waals surface area contributed by atoms with E-state index in [1.165, 1.54) is 0 Å². The molecule has 0 radical (unpaired) electrons. The first kappa shape index (κ1) is 8.43. The van der Waals surface area contributed by atoms with Crippen molar-refractivity contribution in [2.24, 2.45) is 0 Å². The number of hydrogen-bond acceptors (Lipinski definition) is 3. The molecule has 1 rings (SSSR count). The molecule has 0 aliphatic carbocycles. The highest BCUT2D eigenvalue weighted by atomic mass is 32.1. The lowest BCUT2D eigenvalue weighted by atomic mass is 10.3. The molecule has 2 nitrogen and oxygen atoms in total. The van der Waals surface area contributed by atoms with Crippen LogP contribution in [0.4, 0.5) is 0 Å². The highest BCUT2D eigenvalue weighted by molar-refractivity contribution is 7.10. The normalized spacial score (nSPS) is 10.5. The Labute approximate surface area is 70.5 Å². The Balaban J connectivity index is 2.76. The average molecular weight is 169 g/mol. The van der Waals surface area contributed by atoms with Gasteiger partial charge in [-0.25, -0.2) is 0 Å². The van der Waals surface area contributed by atoms with Crippen LogP contribution in [0.3, 0.4) is 0 Å². The minimum absolute atomic E-state index is 0.823. The molecule has 0 saturated carbocycles. The summed E-state index contributed by atoms with van der Waals surface area (Å²) in [5, 5.41) is 1.95. The second kappa shape index (κ2) is 3.64. The molecule has 1 aromatic heterocycles. The third kappa shape index (κ3) is 2.13. The van der Waals surface area contributed by atoms with Crippen LogP contribution in [0.15, 0.2) is 11.4 Å². The van der Waals surface area contributed by atoms with E-state index in [4.69, 9.17) is 0 Å². The SMILES string of the molecule is CN(C)Cc1sccc1C=O. The predicted molar refractivity (Wildman–Crippen MR) is 47.1 cm³/mol. The molecule has 3 heteroatoms. The van der Waals surface area contributed by atoms with E-state index in [0.29, 0.717) is 0 Å². The van der Waals surface area contributed by atoms with Gasteiger partial charge in [0.15, 0.2) is 6.29 Å². The molecule has 0 N–H and O–H groups in total. The molecular formula is C8H11NOS. The molecule has 0 unspecified atom stereocenters. The van der Waals surface area contributed by atoms with Crippen molar-refractivity contribution in [3.05, 3.63) is 21.9 Å². The Morgan fingerprint density at radius 3 is 2.91 bits per heavy atom. The highest BCUT2D eigenvalue weighted by Gasteiger charge is 2.02. The van der Waals surface area contributed by atoms with Gasteiger partial charge in [-0.3, -0.25) is 4.79 Å². The Morgan fingerprint density at radius 2 is 2.36 bits per heavy atom. The van der Waals surface area contributed by atoms with E-state index in [1.807, 2.05) is 25.5 Å². The van der Waals surface area contributed by atoms with Crippen LogP contribution in [-0.4, -0.2) is 25.3 Å². The van der Waals surface area contributed by atoms with Crippen molar-refractivity contribution in [2.75, 3.05) is 14.1 Å². The summed E-state index contributed by atoms with van der Waals surface area (Å²) in [5.41, 5.74) is 0.823. The Kier molecular flexibility index (Phi) is 2.79. The third-order valence-electron chi connectivity index (χ3n) is 1.37. The largest absolute Gasteiger partial charge is 0.304 e. The summed E-state index contributed by atoms with van der Waals surface area (Å²) < 4.78 is 0. The number of rotatable bonds is 3. The molecule has 0 atom stereocenters. The molecule has 0 spiro atoms. The number of carbonyl (C=O) groups is 1. The first-order valence-corrected chi connectivity index (χ1v) is 4.28. The molecule has 1 aromatic rings. The van der Waals surface area contributed by atoms with Crippen molar-refractivity contribution in [3.63, 3.8) is 0 Å². The van der Waals surface area contributed by atoms with Crippen LogP contribution in [0.1, 0.15) is 15.2 Å².